The number of sulfonamides is 1. The Labute approximate surface area is 147 Å². The van der Waals surface area contributed by atoms with Crippen molar-refractivity contribution in [3.63, 3.8) is 0 Å². The minimum atomic E-state index is -3.55. The maximum absolute atomic E-state index is 12.7. The summed E-state index contributed by atoms with van der Waals surface area (Å²) in [5, 5.41) is 0.105. The van der Waals surface area contributed by atoms with Crippen LogP contribution in [0.1, 0.15) is 30.2 Å². The normalized spacial score (nSPS) is 17.0. The monoisotopic (exact) mass is 365 g/mol. The van der Waals surface area contributed by atoms with E-state index in [1.807, 2.05) is 13.8 Å². The Morgan fingerprint density at radius 3 is 2.36 bits per heavy atom. The summed E-state index contributed by atoms with van der Waals surface area (Å²) < 4.78 is 34.5. The Morgan fingerprint density at radius 2 is 1.80 bits per heavy atom. The lowest BCUT2D eigenvalue weighted by Crippen LogP contribution is -2.41. The van der Waals surface area contributed by atoms with Crippen LogP contribution >= 0.6 is 0 Å². The van der Waals surface area contributed by atoms with Gasteiger partial charge in [-0.25, -0.2) is 18.4 Å². The van der Waals surface area contributed by atoms with E-state index in [1.54, 1.807) is 30.8 Å². The molecule has 136 valence electrons. The van der Waals surface area contributed by atoms with E-state index in [9.17, 15) is 8.42 Å². The Bertz CT molecular complexity index is 830. The lowest BCUT2D eigenvalue weighted by Gasteiger charge is -2.30. The number of hydrogen-bond donors (Lipinski definition) is 0. The quantitative estimate of drug-likeness (QED) is 0.813. The highest BCUT2D eigenvalue weighted by Crippen LogP contribution is 2.23. The lowest BCUT2D eigenvalue weighted by atomic mass is 10.1. The van der Waals surface area contributed by atoms with Crippen LogP contribution in [0, 0.1) is 20.8 Å². The van der Waals surface area contributed by atoms with E-state index in [-0.39, 0.29) is 11.1 Å². The molecule has 25 heavy (non-hydrogen) atoms. The van der Waals surface area contributed by atoms with Crippen molar-refractivity contribution in [2.45, 2.75) is 44.7 Å². The van der Waals surface area contributed by atoms with E-state index < -0.39 is 10.0 Å². The fourth-order valence-corrected chi connectivity index (χ4v) is 4.38. The van der Waals surface area contributed by atoms with Crippen molar-refractivity contribution in [1.29, 1.82) is 0 Å². The number of ether oxygens (including phenoxy) is 1. The molecule has 0 unspecified atom stereocenters. The molecular weight excluding hydrogens is 342 g/mol. The molecule has 2 aromatic rings. The van der Waals surface area contributed by atoms with E-state index in [0.717, 1.165) is 5.69 Å². The molecule has 0 amide bonds. The van der Waals surface area contributed by atoms with Crippen LogP contribution in [0.4, 0.5) is 0 Å². The summed E-state index contributed by atoms with van der Waals surface area (Å²) in [6.07, 6.45) is 2.74. The lowest BCUT2D eigenvalue weighted by molar-refractivity contribution is 0.129. The van der Waals surface area contributed by atoms with Crippen LogP contribution in [0.5, 0.6) is 5.88 Å². The van der Waals surface area contributed by atoms with Gasteiger partial charge in [-0.15, -0.1) is 0 Å². The van der Waals surface area contributed by atoms with Gasteiger partial charge in [0.1, 0.15) is 17.8 Å². The standard InChI is InChI=1S/C16H23N5O3S/c1-11-9-15(18-12(2)17-11)24-14-5-7-21(8-6-14)25(22,23)16-10-20(4)13(3)19-16/h9-10,14H,5-8H2,1-4H3. The smallest absolute Gasteiger partial charge is 0.262 e. The van der Waals surface area contributed by atoms with Gasteiger partial charge in [0.25, 0.3) is 10.0 Å². The molecule has 2 aromatic heterocycles. The van der Waals surface area contributed by atoms with Crippen LogP contribution in [0.25, 0.3) is 0 Å². The molecule has 0 spiro atoms. The minimum Gasteiger partial charge on any atom is -0.474 e. The van der Waals surface area contributed by atoms with Crippen LogP contribution in [0.2, 0.25) is 0 Å². The largest absolute Gasteiger partial charge is 0.474 e. The molecule has 1 aliphatic heterocycles. The summed E-state index contributed by atoms with van der Waals surface area (Å²) in [5.74, 6) is 1.89. The fourth-order valence-electron chi connectivity index (χ4n) is 2.89. The first-order chi connectivity index (χ1) is 11.8. The fraction of sp³-hybridized carbons (Fsp3) is 0.562. The van der Waals surface area contributed by atoms with Crippen molar-refractivity contribution in [1.82, 2.24) is 23.8 Å². The van der Waals surface area contributed by atoms with Crippen LogP contribution in [0.15, 0.2) is 17.3 Å². The molecule has 0 N–H and O–H groups in total. The van der Waals surface area contributed by atoms with Gasteiger partial charge in [0.15, 0.2) is 5.03 Å². The van der Waals surface area contributed by atoms with Gasteiger partial charge >= 0.3 is 0 Å². The molecule has 8 nitrogen and oxygen atoms in total. The average Bonchev–Trinajstić information content (AvgIpc) is 2.87. The Morgan fingerprint density at radius 1 is 1.12 bits per heavy atom. The molecule has 0 aliphatic carbocycles. The molecule has 9 heteroatoms. The molecular formula is C16H23N5O3S. The van der Waals surface area contributed by atoms with E-state index in [2.05, 4.69) is 15.0 Å². The number of piperidine rings is 1. The molecule has 1 fully saturated rings. The molecule has 1 saturated heterocycles. The first-order valence-corrected chi connectivity index (χ1v) is 9.69. The van der Waals surface area contributed by atoms with Gasteiger partial charge in [-0.05, 0) is 33.6 Å². The minimum absolute atomic E-state index is 0.0504. The molecule has 0 saturated carbocycles. The molecule has 1 aliphatic rings. The van der Waals surface area contributed by atoms with Crippen molar-refractivity contribution < 1.29 is 13.2 Å². The molecule has 0 radical (unpaired) electrons. The van der Waals surface area contributed by atoms with Crippen LogP contribution in [0.3, 0.4) is 0 Å². The third-order valence-electron chi connectivity index (χ3n) is 4.32. The number of rotatable bonds is 4. The molecule has 0 bridgehead atoms. The molecule has 3 heterocycles. The zero-order valence-corrected chi connectivity index (χ0v) is 15.7. The van der Waals surface area contributed by atoms with Crippen molar-refractivity contribution in [2.24, 2.45) is 7.05 Å². The zero-order valence-electron chi connectivity index (χ0n) is 14.9. The summed E-state index contributed by atoms with van der Waals surface area (Å²) in [7, 11) is -1.77. The topological polar surface area (TPSA) is 90.2 Å². The second kappa shape index (κ2) is 6.72. The molecule has 3 rings (SSSR count). The predicted octanol–water partition coefficient (Wildman–Crippen LogP) is 1.37. The van der Waals surface area contributed by atoms with E-state index in [4.69, 9.17) is 4.74 Å². The van der Waals surface area contributed by atoms with E-state index in [0.29, 0.717) is 43.5 Å². The second-order valence-electron chi connectivity index (χ2n) is 6.35. The second-order valence-corrected chi connectivity index (χ2v) is 8.24. The summed E-state index contributed by atoms with van der Waals surface area (Å²) in [6, 6.07) is 1.80. The third kappa shape index (κ3) is 3.82. The van der Waals surface area contributed by atoms with Crippen LogP contribution in [-0.4, -0.2) is 51.4 Å². The number of nitrogens with zero attached hydrogens (tertiary/aromatic N) is 5. The number of imidazole rings is 1. The Kier molecular flexibility index (Phi) is 4.79. The highest BCUT2D eigenvalue weighted by molar-refractivity contribution is 7.89. The summed E-state index contributed by atoms with van der Waals surface area (Å²) in [4.78, 5) is 12.7. The Hall–Kier alpha value is -2.00. The van der Waals surface area contributed by atoms with Crippen molar-refractivity contribution in [2.75, 3.05) is 13.1 Å². The van der Waals surface area contributed by atoms with Crippen molar-refractivity contribution in [3.05, 3.63) is 29.6 Å². The summed E-state index contributed by atoms with van der Waals surface area (Å²) >= 11 is 0. The Balaban J connectivity index is 1.65. The maximum atomic E-state index is 12.7. The number of aromatic nitrogens is 4. The van der Waals surface area contributed by atoms with Crippen LogP contribution < -0.4 is 4.74 Å². The van der Waals surface area contributed by atoms with Crippen molar-refractivity contribution in [3.8, 4) is 5.88 Å². The highest BCUT2D eigenvalue weighted by atomic mass is 32.2. The molecule has 0 aromatic carbocycles. The van der Waals surface area contributed by atoms with Gasteiger partial charge in [-0.3, -0.25) is 0 Å². The number of hydrogen-bond acceptors (Lipinski definition) is 6. The zero-order chi connectivity index (χ0) is 18.2. The SMILES string of the molecule is Cc1cc(OC2CCN(S(=O)(=O)c3cn(C)c(C)n3)CC2)nc(C)n1. The predicted molar refractivity (Wildman–Crippen MR) is 91.9 cm³/mol. The van der Waals surface area contributed by atoms with Gasteiger partial charge in [0.2, 0.25) is 5.88 Å². The average molecular weight is 365 g/mol. The van der Waals surface area contributed by atoms with Gasteiger partial charge in [-0.2, -0.15) is 9.29 Å². The first-order valence-electron chi connectivity index (χ1n) is 8.25. The van der Waals surface area contributed by atoms with Crippen molar-refractivity contribution >= 4 is 10.0 Å². The summed E-state index contributed by atoms with van der Waals surface area (Å²) in [6.45, 7) is 6.32. The maximum Gasteiger partial charge on any atom is 0.262 e. The van der Waals surface area contributed by atoms with E-state index in [1.165, 1.54) is 4.31 Å². The van der Waals surface area contributed by atoms with Crippen LogP contribution in [-0.2, 0) is 17.1 Å². The van der Waals surface area contributed by atoms with E-state index >= 15 is 0 Å². The van der Waals surface area contributed by atoms with Gasteiger partial charge in [0.05, 0.1) is 0 Å². The molecule has 0 atom stereocenters. The third-order valence-corrected chi connectivity index (χ3v) is 6.09. The first kappa shape index (κ1) is 17.8. The van der Waals surface area contributed by atoms with Gasteiger partial charge < -0.3 is 9.30 Å². The summed E-state index contributed by atoms with van der Waals surface area (Å²) in [5.41, 5.74) is 0.855. The number of aryl methyl sites for hydroxylation is 4. The highest BCUT2D eigenvalue weighted by Gasteiger charge is 2.32. The van der Waals surface area contributed by atoms with Gasteiger partial charge in [-0.1, -0.05) is 0 Å². The van der Waals surface area contributed by atoms with Gasteiger partial charge in [0, 0.05) is 38.1 Å².